The lowest BCUT2D eigenvalue weighted by Crippen LogP contribution is -2.45. The molecule has 3 rings (SSSR count). The van der Waals surface area contributed by atoms with Crippen LogP contribution >= 0.6 is 11.3 Å². The van der Waals surface area contributed by atoms with Gasteiger partial charge in [0.1, 0.15) is 0 Å². The van der Waals surface area contributed by atoms with Crippen molar-refractivity contribution < 1.29 is 4.79 Å². The van der Waals surface area contributed by atoms with Crippen molar-refractivity contribution in [3.05, 3.63) is 35.2 Å². The van der Waals surface area contributed by atoms with Gasteiger partial charge in [0, 0.05) is 23.8 Å². The molecule has 1 unspecified atom stereocenters. The van der Waals surface area contributed by atoms with Gasteiger partial charge in [-0.05, 0) is 30.4 Å². The molecule has 0 bridgehead atoms. The first-order chi connectivity index (χ1) is 8.74. The number of nitrogens with zero attached hydrogens (tertiary/aromatic N) is 1. The lowest BCUT2D eigenvalue weighted by Gasteiger charge is -2.30. The predicted molar refractivity (Wildman–Crippen MR) is 74.9 cm³/mol. The summed E-state index contributed by atoms with van der Waals surface area (Å²) < 4.78 is 1.17. The number of piperidine rings is 1. The van der Waals surface area contributed by atoms with Gasteiger partial charge in [0.15, 0.2) is 0 Å². The molecule has 1 aliphatic heterocycles. The predicted octanol–water partition coefficient (Wildman–Crippen LogP) is 2.46. The van der Waals surface area contributed by atoms with Gasteiger partial charge >= 0.3 is 0 Å². The molecule has 0 aliphatic carbocycles. The summed E-state index contributed by atoms with van der Waals surface area (Å²) in [7, 11) is 0. The number of nitrogens with two attached hydrogens (primary N) is 1. The summed E-state index contributed by atoms with van der Waals surface area (Å²) in [5.74, 6) is 0.131. The van der Waals surface area contributed by atoms with Crippen LogP contribution in [-0.4, -0.2) is 29.9 Å². The van der Waals surface area contributed by atoms with Crippen LogP contribution in [0.5, 0.6) is 0 Å². The standard InChI is InChI=1S/C14H16N2OS/c15-11-5-3-7-16(9-11)14(17)13-8-10-4-1-2-6-12(10)18-13/h1-2,4,6,8,11H,3,5,7,9,15H2. The fourth-order valence-corrected chi connectivity index (χ4v) is 3.47. The first kappa shape index (κ1) is 11.7. The van der Waals surface area contributed by atoms with E-state index in [9.17, 15) is 4.79 Å². The van der Waals surface area contributed by atoms with Gasteiger partial charge in [-0.15, -0.1) is 11.3 Å². The molecule has 1 fully saturated rings. The lowest BCUT2D eigenvalue weighted by atomic mass is 10.1. The second-order valence-corrected chi connectivity index (χ2v) is 5.89. The molecule has 1 aromatic carbocycles. The number of carbonyl (C=O) groups excluding carboxylic acids is 1. The summed E-state index contributed by atoms with van der Waals surface area (Å²) in [5, 5.41) is 1.15. The average Bonchev–Trinajstić information content (AvgIpc) is 2.81. The summed E-state index contributed by atoms with van der Waals surface area (Å²) in [6.07, 6.45) is 2.04. The van der Waals surface area contributed by atoms with Crippen LogP contribution in [0, 0.1) is 0 Å². The van der Waals surface area contributed by atoms with Crippen molar-refractivity contribution in [2.45, 2.75) is 18.9 Å². The lowest BCUT2D eigenvalue weighted by molar-refractivity contribution is 0.0714. The second kappa shape index (κ2) is 4.71. The maximum Gasteiger partial charge on any atom is 0.264 e. The van der Waals surface area contributed by atoms with E-state index in [0.29, 0.717) is 6.54 Å². The van der Waals surface area contributed by atoms with Crippen molar-refractivity contribution in [3.63, 3.8) is 0 Å². The maximum atomic E-state index is 12.4. The van der Waals surface area contributed by atoms with Gasteiger partial charge in [-0.25, -0.2) is 0 Å². The molecule has 0 saturated carbocycles. The smallest absolute Gasteiger partial charge is 0.264 e. The molecule has 1 atom stereocenters. The van der Waals surface area contributed by atoms with Crippen LogP contribution in [0.3, 0.4) is 0 Å². The Morgan fingerprint density at radius 1 is 1.39 bits per heavy atom. The number of amides is 1. The topological polar surface area (TPSA) is 46.3 Å². The van der Waals surface area contributed by atoms with Crippen molar-refractivity contribution in [2.75, 3.05) is 13.1 Å². The molecule has 2 aromatic rings. The van der Waals surface area contributed by atoms with E-state index in [1.807, 2.05) is 29.2 Å². The molecule has 1 amide bonds. The van der Waals surface area contributed by atoms with E-state index in [2.05, 4.69) is 6.07 Å². The summed E-state index contributed by atoms with van der Waals surface area (Å²) >= 11 is 1.57. The molecule has 1 aromatic heterocycles. The first-order valence-electron chi connectivity index (χ1n) is 6.27. The Hall–Kier alpha value is -1.39. The number of fused-ring (bicyclic) bond motifs is 1. The number of carbonyl (C=O) groups is 1. The van der Waals surface area contributed by atoms with Gasteiger partial charge in [0.05, 0.1) is 4.88 Å². The fourth-order valence-electron chi connectivity index (χ4n) is 2.44. The SMILES string of the molecule is NC1CCCN(C(=O)c2cc3ccccc3s2)C1. The Bertz CT molecular complexity index is 545. The summed E-state index contributed by atoms with van der Waals surface area (Å²) in [5.41, 5.74) is 5.93. The number of rotatable bonds is 1. The molecule has 4 heteroatoms. The molecule has 0 spiro atoms. The van der Waals surface area contributed by atoms with Crippen molar-refractivity contribution in [3.8, 4) is 0 Å². The maximum absolute atomic E-state index is 12.4. The minimum Gasteiger partial charge on any atom is -0.336 e. The van der Waals surface area contributed by atoms with E-state index in [1.165, 1.54) is 4.70 Å². The third-order valence-electron chi connectivity index (χ3n) is 3.38. The van der Waals surface area contributed by atoms with Crippen LogP contribution in [0.2, 0.25) is 0 Å². The Morgan fingerprint density at radius 3 is 3.00 bits per heavy atom. The zero-order valence-corrected chi connectivity index (χ0v) is 11.0. The van der Waals surface area contributed by atoms with Crippen molar-refractivity contribution >= 4 is 27.3 Å². The minimum atomic E-state index is 0.131. The highest BCUT2D eigenvalue weighted by atomic mass is 32.1. The minimum absolute atomic E-state index is 0.131. The van der Waals surface area contributed by atoms with Crippen molar-refractivity contribution in [1.82, 2.24) is 4.90 Å². The number of benzene rings is 1. The largest absolute Gasteiger partial charge is 0.336 e. The zero-order chi connectivity index (χ0) is 12.5. The Morgan fingerprint density at radius 2 is 2.22 bits per heavy atom. The van der Waals surface area contributed by atoms with E-state index in [-0.39, 0.29) is 11.9 Å². The molecule has 1 saturated heterocycles. The number of hydrogen-bond donors (Lipinski definition) is 1. The molecule has 0 radical (unpaired) electrons. The molecular formula is C14H16N2OS. The second-order valence-electron chi connectivity index (χ2n) is 4.80. The average molecular weight is 260 g/mol. The van der Waals surface area contributed by atoms with Crippen LogP contribution in [0.4, 0.5) is 0 Å². The zero-order valence-electron chi connectivity index (χ0n) is 10.1. The molecule has 2 N–H and O–H groups in total. The monoisotopic (exact) mass is 260 g/mol. The van der Waals surface area contributed by atoms with Gasteiger partial charge in [-0.3, -0.25) is 4.79 Å². The molecule has 18 heavy (non-hydrogen) atoms. The normalized spacial score (nSPS) is 20.3. The van der Waals surface area contributed by atoms with E-state index < -0.39 is 0 Å². The highest BCUT2D eigenvalue weighted by Gasteiger charge is 2.23. The van der Waals surface area contributed by atoms with Gasteiger partial charge in [0.2, 0.25) is 0 Å². The highest BCUT2D eigenvalue weighted by Crippen LogP contribution is 2.27. The van der Waals surface area contributed by atoms with Gasteiger partial charge in [-0.2, -0.15) is 0 Å². The molecule has 2 heterocycles. The summed E-state index contributed by atoms with van der Waals surface area (Å²) in [6, 6.07) is 10.2. The molecule has 94 valence electrons. The van der Waals surface area contributed by atoms with Crippen molar-refractivity contribution in [2.24, 2.45) is 5.73 Å². The Balaban J connectivity index is 1.87. The summed E-state index contributed by atoms with van der Waals surface area (Å²) in [4.78, 5) is 15.1. The van der Waals surface area contributed by atoms with Crippen LogP contribution in [0.25, 0.3) is 10.1 Å². The van der Waals surface area contributed by atoms with Gasteiger partial charge in [0.25, 0.3) is 5.91 Å². The first-order valence-corrected chi connectivity index (χ1v) is 7.09. The quantitative estimate of drug-likeness (QED) is 0.856. The van der Waals surface area contributed by atoms with E-state index in [4.69, 9.17) is 5.73 Å². The summed E-state index contributed by atoms with van der Waals surface area (Å²) in [6.45, 7) is 1.52. The van der Waals surface area contributed by atoms with Crippen LogP contribution in [0.15, 0.2) is 30.3 Å². The van der Waals surface area contributed by atoms with E-state index >= 15 is 0 Å². The number of hydrogen-bond acceptors (Lipinski definition) is 3. The van der Waals surface area contributed by atoms with Crippen LogP contribution in [0.1, 0.15) is 22.5 Å². The fraction of sp³-hybridized carbons (Fsp3) is 0.357. The molecule has 1 aliphatic rings. The van der Waals surface area contributed by atoms with Crippen LogP contribution in [-0.2, 0) is 0 Å². The Labute approximate surface area is 110 Å². The molecule has 3 nitrogen and oxygen atoms in total. The van der Waals surface area contributed by atoms with E-state index in [1.54, 1.807) is 11.3 Å². The Kier molecular flexibility index (Phi) is 3.06. The van der Waals surface area contributed by atoms with Crippen molar-refractivity contribution in [1.29, 1.82) is 0 Å². The third kappa shape index (κ3) is 2.13. The number of thiophene rings is 1. The van der Waals surface area contributed by atoms with Crippen LogP contribution < -0.4 is 5.73 Å². The third-order valence-corrected chi connectivity index (χ3v) is 4.49. The molecular weight excluding hydrogens is 244 g/mol. The van der Waals surface area contributed by atoms with Gasteiger partial charge in [-0.1, -0.05) is 18.2 Å². The highest BCUT2D eigenvalue weighted by molar-refractivity contribution is 7.20. The number of likely N-dealkylation sites (tertiary alicyclic amines) is 1. The van der Waals surface area contributed by atoms with E-state index in [0.717, 1.165) is 29.6 Å². The van der Waals surface area contributed by atoms with Gasteiger partial charge < -0.3 is 10.6 Å².